The van der Waals surface area contributed by atoms with E-state index in [1.807, 2.05) is 44.2 Å². The molecule has 0 saturated carbocycles. The van der Waals surface area contributed by atoms with Gasteiger partial charge in [0.2, 0.25) is 5.91 Å². The molecule has 0 spiro atoms. The average molecular weight is 306 g/mol. The van der Waals surface area contributed by atoms with E-state index >= 15 is 0 Å². The van der Waals surface area contributed by atoms with E-state index in [0.29, 0.717) is 11.3 Å². The number of nitriles is 1. The van der Waals surface area contributed by atoms with Gasteiger partial charge in [0.25, 0.3) is 0 Å². The van der Waals surface area contributed by atoms with Gasteiger partial charge in [0.05, 0.1) is 17.4 Å². The molecule has 0 aliphatic rings. The minimum Gasteiger partial charge on any atom is -0.491 e. The SMILES string of the molecule is CC(C)Oc1cccc(/C=C/C(=O)Nc2ccccc2C#N)c1. The highest BCUT2D eigenvalue weighted by Crippen LogP contribution is 2.16. The molecule has 0 fully saturated rings. The van der Waals surface area contributed by atoms with Gasteiger partial charge < -0.3 is 10.1 Å². The fraction of sp³-hybridized carbons (Fsp3) is 0.158. The fourth-order valence-corrected chi connectivity index (χ4v) is 2.00. The van der Waals surface area contributed by atoms with Crippen LogP contribution in [0.4, 0.5) is 5.69 Å². The zero-order valence-electron chi connectivity index (χ0n) is 13.1. The van der Waals surface area contributed by atoms with E-state index < -0.39 is 0 Å². The second kappa shape index (κ2) is 7.81. The molecule has 0 bridgehead atoms. The lowest BCUT2D eigenvalue weighted by atomic mass is 10.2. The largest absolute Gasteiger partial charge is 0.491 e. The molecule has 1 amide bonds. The lowest BCUT2D eigenvalue weighted by Gasteiger charge is -2.09. The Morgan fingerprint density at radius 2 is 2.00 bits per heavy atom. The number of rotatable bonds is 5. The molecule has 0 saturated heterocycles. The number of hydrogen-bond donors (Lipinski definition) is 1. The van der Waals surface area contributed by atoms with Crippen molar-refractivity contribution >= 4 is 17.7 Å². The van der Waals surface area contributed by atoms with E-state index in [4.69, 9.17) is 10.00 Å². The zero-order chi connectivity index (χ0) is 16.7. The molecule has 116 valence electrons. The lowest BCUT2D eigenvalue weighted by molar-refractivity contribution is -0.111. The van der Waals surface area contributed by atoms with Gasteiger partial charge in [0.15, 0.2) is 0 Å². The van der Waals surface area contributed by atoms with E-state index in [1.54, 1.807) is 30.3 Å². The van der Waals surface area contributed by atoms with Gasteiger partial charge >= 0.3 is 0 Å². The quantitative estimate of drug-likeness (QED) is 0.849. The van der Waals surface area contributed by atoms with Crippen LogP contribution >= 0.6 is 0 Å². The predicted molar refractivity (Wildman–Crippen MR) is 91.0 cm³/mol. The van der Waals surface area contributed by atoms with Gasteiger partial charge in [0, 0.05) is 6.08 Å². The Bertz CT molecular complexity index is 758. The number of amides is 1. The zero-order valence-corrected chi connectivity index (χ0v) is 13.1. The van der Waals surface area contributed by atoms with E-state index in [2.05, 4.69) is 5.32 Å². The van der Waals surface area contributed by atoms with Crippen LogP contribution < -0.4 is 10.1 Å². The van der Waals surface area contributed by atoms with Gasteiger partial charge in [-0.05, 0) is 49.8 Å². The molecule has 0 atom stereocenters. The molecule has 2 aromatic rings. The summed E-state index contributed by atoms with van der Waals surface area (Å²) in [5.41, 5.74) is 1.80. The van der Waals surface area contributed by atoms with Crippen LogP contribution in [0.5, 0.6) is 5.75 Å². The van der Waals surface area contributed by atoms with Crippen molar-refractivity contribution in [2.45, 2.75) is 20.0 Å². The summed E-state index contributed by atoms with van der Waals surface area (Å²) in [6.45, 7) is 3.92. The highest BCUT2D eigenvalue weighted by Gasteiger charge is 2.03. The number of benzene rings is 2. The number of anilines is 1. The van der Waals surface area contributed by atoms with E-state index in [0.717, 1.165) is 11.3 Å². The smallest absolute Gasteiger partial charge is 0.248 e. The monoisotopic (exact) mass is 306 g/mol. The average Bonchev–Trinajstić information content (AvgIpc) is 2.53. The summed E-state index contributed by atoms with van der Waals surface area (Å²) >= 11 is 0. The molecular weight excluding hydrogens is 288 g/mol. The van der Waals surface area contributed by atoms with Gasteiger partial charge in [-0.1, -0.05) is 24.3 Å². The second-order valence-corrected chi connectivity index (χ2v) is 5.22. The molecule has 4 nitrogen and oxygen atoms in total. The number of carbonyl (C=O) groups is 1. The third kappa shape index (κ3) is 5.01. The molecule has 1 N–H and O–H groups in total. The van der Waals surface area contributed by atoms with E-state index in [9.17, 15) is 4.79 Å². The molecule has 23 heavy (non-hydrogen) atoms. The summed E-state index contributed by atoms with van der Waals surface area (Å²) in [5.74, 6) is 0.472. The number of carbonyl (C=O) groups excluding carboxylic acids is 1. The summed E-state index contributed by atoms with van der Waals surface area (Å²) in [6.07, 6.45) is 3.24. The number of ether oxygens (including phenoxy) is 1. The molecular formula is C19H18N2O2. The molecule has 2 aromatic carbocycles. The summed E-state index contributed by atoms with van der Waals surface area (Å²) in [7, 11) is 0. The molecule has 0 aromatic heterocycles. The van der Waals surface area contributed by atoms with Gasteiger partial charge in [-0.2, -0.15) is 5.26 Å². The van der Waals surface area contributed by atoms with Crippen molar-refractivity contribution < 1.29 is 9.53 Å². The Morgan fingerprint density at radius 1 is 1.22 bits per heavy atom. The predicted octanol–water partition coefficient (Wildman–Crippen LogP) is 4.00. The Balaban J connectivity index is 2.05. The van der Waals surface area contributed by atoms with Gasteiger partial charge in [0.1, 0.15) is 11.8 Å². The second-order valence-electron chi connectivity index (χ2n) is 5.22. The van der Waals surface area contributed by atoms with Crippen LogP contribution in [0.2, 0.25) is 0 Å². The van der Waals surface area contributed by atoms with Gasteiger partial charge in [-0.15, -0.1) is 0 Å². The summed E-state index contributed by atoms with van der Waals surface area (Å²) < 4.78 is 5.62. The molecule has 0 radical (unpaired) electrons. The maximum Gasteiger partial charge on any atom is 0.248 e. The Labute approximate surface area is 136 Å². The van der Waals surface area contributed by atoms with Gasteiger partial charge in [-0.25, -0.2) is 0 Å². The van der Waals surface area contributed by atoms with Crippen molar-refractivity contribution in [3.8, 4) is 11.8 Å². The van der Waals surface area contributed by atoms with Crippen LogP contribution in [0.1, 0.15) is 25.0 Å². The van der Waals surface area contributed by atoms with Crippen LogP contribution in [0.15, 0.2) is 54.6 Å². The maximum absolute atomic E-state index is 12.0. The van der Waals surface area contributed by atoms with Crippen LogP contribution in [-0.4, -0.2) is 12.0 Å². The van der Waals surface area contributed by atoms with Crippen LogP contribution in [0, 0.1) is 11.3 Å². The highest BCUT2D eigenvalue weighted by molar-refractivity contribution is 6.02. The van der Waals surface area contributed by atoms with Crippen LogP contribution in [-0.2, 0) is 4.79 Å². The Hall–Kier alpha value is -3.06. The third-order valence-electron chi connectivity index (χ3n) is 2.96. The first kappa shape index (κ1) is 16.3. The molecule has 0 aliphatic carbocycles. The Kier molecular flexibility index (Phi) is 5.54. The molecule has 2 rings (SSSR count). The lowest BCUT2D eigenvalue weighted by Crippen LogP contribution is -2.09. The number of nitrogens with one attached hydrogen (secondary N) is 1. The molecule has 4 heteroatoms. The summed E-state index contributed by atoms with van der Waals surface area (Å²) in [6, 6.07) is 16.4. The number of nitrogens with zero attached hydrogens (tertiary/aromatic N) is 1. The summed E-state index contributed by atoms with van der Waals surface area (Å²) in [4.78, 5) is 12.0. The standard InChI is InChI=1S/C19H18N2O2/c1-14(2)23-17-8-5-6-15(12-17)10-11-19(22)21-18-9-4-3-7-16(18)13-20/h3-12,14H,1-2H3,(H,21,22)/b11-10+. The van der Waals surface area contributed by atoms with E-state index in [-0.39, 0.29) is 12.0 Å². The fourth-order valence-electron chi connectivity index (χ4n) is 2.00. The third-order valence-corrected chi connectivity index (χ3v) is 2.96. The Morgan fingerprint density at radius 3 is 2.74 bits per heavy atom. The molecule has 0 unspecified atom stereocenters. The first-order valence-corrected chi connectivity index (χ1v) is 7.33. The van der Waals surface area contributed by atoms with E-state index in [1.165, 1.54) is 6.08 Å². The minimum absolute atomic E-state index is 0.0972. The van der Waals surface area contributed by atoms with Crippen molar-refractivity contribution in [3.05, 3.63) is 65.7 Å². The van der Waals surface area contributed by atoms with Crippen LogP contribution in [0.3, 0.4) is 0 Å². The molecule has 0 aliphatic heterocycles. The van der Waals surface area contributed by atoms with Crippen molar-refractivity contribution in [3.63, 3.8) is 0 Å². The van der Waals surface area contributed by atoms with Crippen molar-refractivity contribution in [1.82, 2.24) is 0 Å². The minimum atomic E-state index is -0.289. The highest BCUT2D eigenvalue weighted by atomic mass is 16.5. The number of hydrogen-bond acceptors (Lipinski definition) is 3. The molecule has 0 heterocycles. The first-order valence-electron chi connectivity index (χ1n) is 7.33. The van der Waals surface area contributed by atoms with Gasteiger partial charge in [-0.3, -0.25) is 4.79 Å². The summed E-state index contributed by atoms with van der Waals surface area (Å²) in [5, 5.41) is 11.7. The van der Waals surface area contributed by atoms with Crippen molar-refractivity contribution in [2.24, 2.45) is 0 Å². The number of para-hydroxylation sites is 1. The first-order chi connectivity index (χ1) is 11.1. The van der Waals surface area contributed by atoms with Crippen molar-refractivity contribution in [2.75, 3.05) is 5.32 Å². The topological polar surface area (TPSA) is 62.1 Å². The normalized spacial score (nSPS) is 10.5. The maximum atomic E-state index is 12.0. The van der Waals surface area contributed by atoms with Crippen LogP contribution in [0.25, 0.3) is 6.08 Å². The van der Waals surface area contributed by atoms with Crippen molar-refractivity contribution in [1.29, 1.82) is 5.26 Å².